The Labute approximate surface area is 103 Å². The van der Waals surface area contributed by atoms with Crippen LogP contribution in [-0.2, 0) is 5.41 Å². The molecule has 0 radical (unpaired) electrons. The Morgan fingerprint density at radius 2 is 1.65 bits per heavy atom. The van der Waals surface area contributed by atoms with Crippen molar-refractivity contribution in [2.45, 2.75) is 37.5 Å². The van der Waals surface area contributed by atoms with Gasteiger partial charge in [0.1, 0.15) is 0 Å². The van der Waals surface area contributed by atoms with Crippen molar-refractivity contribution in [3.8, 4) is 0 Å². The molecule has 0 unspecified atom stereocenters. The molecule has 0 nitrogen and oxygen atoms in total. The summed E-state index contributed by atoms with van der Waals surface area (Å²) in [7, 11) is 0. The number of hydrogen-bond donors (Lipinski definition) is 0. The van der Waals surface area contributed by atoms with E-state index < -0.39 is 0 Å². The molecule has 2 fully saturated rings. The first-order chi connectivity index (χ1) is 8.37. The first-order valence-electron chi connectivity index (χ1n) is 6.86. The average Bonchev–Trinajstić information content (AvgIpc) is 2.99. The Morgan fingerprint density at radius 3 is 2.41 bits per heavy atom. The minimum absolute atomic E-state index is 0.533. The first-order valence-corrected chi connectivity index (χ1v) is 6.86. The Kier molecular flexibility index (Phi) is 1.91. The second-order valence-corrected chi connectivity index (χ2v) is 5.95. The second kappa shape index (κ2) is 3.35. The van der Waals surface area contributed by atoms with Gasteiger partial charge in [0.15, 0.2) is 0 Å². The average molecular weight is 222 g/mol. The number of hydrogen-bond acceptors (Lipinski definition) is 0. The molecule has 0 N–H and O–H groups in total. The Balaban J connectivity index is 1.96. The van der Waals surface area contributed by atoms with Crippen LogP contribution >= 0.6 is 0 Å². The van der Waals surface area contributed by atoms with E-state index in [1.165, 1.54) is 42.9 Å². The van der Waals surface area contributed by atoms with Crippen LogP contribution in [0.25, 0.3) is 10.8 Å². The van der Waals surface area contributed by atoms with Crippen LogP contribution in [0.2, 0.25) is 0 Å². The smallest absolute Gasteiger partial charge is 0.00380 e. The van der Waals surface area contributed by atoms with Gasteiger partial charge >= 0.3 is 0 Å². The minimum Gasteiger partial charge on any atom is -0.0616 e. The normalized spacial score (nSPS) is 31.2. The Hall–Kier alpha value is -1.30. The third-order valence-electron chi connectivity index (χ3n) is 5.10. The van der Waals surface area contributed by atoms with E-state index in [0.29, 0.717) is 5.41 Å². The fourth-order valence-corrected chi connectivity index (χ4v) is 4.26. The molecule has 0 amide bonds. The summed E-state index contributed by atoms with van der Waals surface area (Å²) in [5, 5.41) is 2.91. The molecular formula is C17H18. The van der Waals surface area contributed by atoms with Gasteiger partial charge in [0.25, 0.3) is 0 Å². The van der Waals surface area contributed by atoms with Gasteiger partial charge in [-0.3, -0.25) is 0 Å². The largest absolute Gasteiger partial charge is 0.0616 e. The van der Waals surface area contributed by atoms with Crippen LogP contribution in [0.15, 0.2) is 42.5 Å². The topological polar surface area (TPSA) is 0 Å². The highest BCUT2D eigenvalue weighted by molar-refractivity contribution is 5.86. The third-order valence-corrected chi connectivity index (χ3v) is 5.10. The maximum atomic E-state index is 2.38. The van der Waals surface area contributed by atoms with Gasteiger partial charge in [0.05, 0.1) is 0 Å². The summed E-state index contributed by atoms with van der Waals surface area (Å²) in [6.07, 6.45) is 7.21. The summed E-state index contributed by atoms with van der Waals surface area (Å²) < 4.78 is 0. The van der Waals surface area contributed by atoms with Crippen LogP contribution in [0.5, 0.6) is 0 Å². The highest BCUT2D eigenvalue weighted by Crippen LogP contribution is 2.56. The van der Waals surface area contributed by atoms with Crippen molar-refractivity contribution in [1.29, 1.82) is 0 Å². The standard InChI is InChI=1S/C17H18/c1-2-6-15-14(4-1)5-3-7-16(15)17-10-8-13(12-17)9-11-17/h1-7,13H,8-12H2. The van der Waals surface area contributed by atoms with Gasteiger partial charge < -0.3 is 0 Å². The van der Waals surface area contributed by atoms with Crippen molar-refractivity contribution in [2.75, 3.05) is 0 Å². The fraction of sp³-hybridized carbons (Fsp3) is 0.412. The lowest BCUT2D eigenvalue weighted by atomic mass is 9.76. The van der Waals surface area contributed by atoms with Crippen molar-refractivity contribution in [3.05, 3.63) is 48.0 Å². The molecule has 0 saturated heterocycles. The lowest BCUT2D eigenvalue weighted by Gasteiger charge is -2.28. The van der Waals surface area contributed by atoms with Crippen molar-refractivity contribution in [2.24, 2.45) is 5.92 Å². The summed E-state index contributed by atoms with van der Waals surface area (Å²) in [5.74, 6) is 1.02. The van der Waals surface area contributed by atoms with Gasteiger partial charge in [-0.2, -0.15) is 0 Å². The highest BCUT2D eigenvalue weighted by atomic mass is 14.5. The molecule has 17 heavy (non-hydrogen) atoms. The maximum Gasteiger partial charge on any atom is -0.00380 e. The molecule has 0 spiro atoms. The van der Waals surface area contributed by atoms with E-state index in [-0.39, 0.29) is 0 Å². The van der Waals surface area contributed by atoms with Gasteiger partial charge in [-0.15, -0.1) is 0 Å². The van der Waals surface area contributed by atoms with E-state index in [1.54, 1.807) is 5.56 Å². The summed E-state index contributed by atoms with van der Waals surface area (Å²) in [6.45, 7) is 0. The van der Waals surface area contributed by atoms with Crippen molar-refractivity contribution >= 4 is 10.8 Å². The molecule has 2 aromatic rings. The lowest BCUT2D eigenvalue weighted by molar-refractivity contribution is 0.421. The number of benzene rings is 2. The van der Waals surface area contributed by atoms with E-state index in [1.807, 2.05) is 0 Å². The van der Waals surface area contributed by atoms with Crippen molar-refractivity contribution < 1.29 is 0 Å². The van der Waals surface area contributed by atoms with Crippen LogP contribution in [-0.4, -0.2) is 0 Å². The van der Waals surface area contributed by atoms with Gasteiger partial charge in [0, 0.05) is 0 Å². The molecule has 4 rings (SSSR count). The minimum atomic E-state index is 0.533. The SMILES string of the molecule is c1ccc2c(C34CCC(CC3)C4)cccc2c1. The lowest BCUT2D eigenvalue weighted by Crippen LogP contribution is -2.19. The molecule has 0 aliphatic heterocycles. The molecule has 0 atom stereocenters. The van der Waals surface area contributed by atoms with Gasteiger partial charge in [-0.05, 0) is 59.8 Å². The highest BCUT2D eigenvalue weighted by Gasteiger charge is 2.46. The van der Waals surface area contributed by atoms with E-state index in [0.717, 1.165) is 5.92 Å². The molecule has 0 heterocycles. The zero-order valence-electron chi connectivity index (χ0n) is 10.2. The summed E-state index contributed by atoms with van der Waals surface area (Å²) in [4.78, 5) is 0. The van der Waals surface area contributed by atoms with Gasteiger partial charge in [0.2, 0.25) is 0 Å². The molecule has 0 aromatic heterocycles. The third kappa shape index (κ3) is 1.30. The molecule has 86 valence electrons. The Morgan fingerprint density at radius 1 is 0.882 bits per heavy atom. The fourth-order valence-electron chi connectivity index (χ4n) is 4.26. The monoisotopic (exact) mass is 222 g/mol. The maximum absolute atomic E-state index is 2.38. The predicted molar refractivity (Wildman–Crippen MR) is 72.2 cm³/mol. The van der Waals surface area contributed by atoms with Gasteiger partial charge in [-0.25, -0.2) is 0 Å². The predicted octanol–water partition coefficient (Wildman–Crippen LogP) is 4.67. The summed E-state index contributed by atoms with van der Waals surface area (Å²) in [6, 6.07) is 15.8. The van der Waals surface area contributed by atoms with Crippen LogP contribution in [0.1, 0.15) is 37.7 Å². The van der Waals surface area contributed by atoms with E-state index in [4.69, 9.17) is 0 Å². The second-order valence-electron chi connectivity index (χ2n) is 5.95. The molecule has 2 bridgehead atoms. The molecule has 2 aliphatic rings. The first kappa shape index (κ1) is 9.70. The summed E-state index contributed by atoms with van der Waals surface area (Å²) >= 11 is 0. The molecule has 2 saturated carbocycles. The quantitative estimate of drug-likeness (QED) is 0.657. The Bertz CT molecular complexity index is 554. The number of rotatable bonds is 1. The van der Waals surface area contributed by atoms with Crippen LogP contribution in [0, 0.1) is 5.92 Å². The van der Waals surface area contributed by atoms with E-state index >= 15 is 0 Å². The van der Waals surface area contributed by atoms with Crippen molar-refractivity contribution in [3.63, 3.8) is 0 Å². The van der Waals surface area contributed by atoms with Crippen LogP contribution < -0.4 is 0 Å². The van der Waals surface area contributed by atoms with E-state index in [2.05, 4.69) is 42.5 Å². The molecule has 0 heteroatoms. The van der Waals surface area contributed by atoms with Crippen LogP contribution in [0.3, 0.4) is 0 Å². The number of fused-ring (bicyclic) bond motifs is 3. The summed E-state index contributed by atoms with van der Waals surface area (Å²) in [5.41, 5.74) is 2.17. The van der Waals surface area contributed by atoms with E-state index in [9.17, 15) is 0 Å². The van der Waals surface area contributed by atoms with Gasteiger partial charge in [-0.1, -0.05) is 42.5 Å². The zero-order chi connectivity index (χ0) is 11.3. The van der Waals surface area contributed by atoms with Crippen molar-refractivity contribution in [1.82, 2.24) is 0 Å². The zero-order valence-corrected chi connectivity index (χ0v) is 10.2. The molecular weight excluding hydrogens is 204 g/mol. The molecule has 2 aliphatic carbocycles. The molecule has 2 aromatic carbocycles. The van der Waals surface area contributed by atoms with Crippen LogP contribution in [0.4, 0.5) is 0 Å².